The molecule has 2 heterocycles. The molecule has 0 unspecified atom stereocenters. The van der Waals surface area contributed by atoms with Crippen molar-refractivity contribution >= 4 is 8.07 Å². The lowest BCUT2D eigenvalue weighted by atomic mass is 10.2. The van der Waals surface area contributed by atoms with Crippen molar-refractivity contribution in [3.63, 3.8) is 0 Å². The van der Waals surface area contributed by atoms with E-state index in [0.717, 1.165) is 18.8 Å². The number of aromatic nitrogens is 2. The zero-order valence-corrected chi connectivity index (χ0v) is 11.4. The number of rotatable bonds is 2. The standard InChI is InChI=1S/C12H17N3OSi/c1-17(2,3)5-4-10-6-12(15-9-14-10)16-11-7-13-8-11/h6,9,11,13H,7-8H2,1-3H3. The molecular formula is C12H17N3OSi. The summed E-state index contributed by atoms with van der Waals surface area (Å²) < 4.78 is 5.65. The summed E-state index contributed by atoms with van der Waals surface area (Å²) in [5.74, 6) is 3.72. The highest BCUT2D eigenvalue weighted by Crippen LogP contribution is 2.10. The highest BCUT2D eigenvalue weighted by atomic mass is 28.3. The molecule has 0 aliphatic carbocycles. The van der Waals surface area contributed by atoms with E-state index >= 15 is 0 Å². The number of ether oxygens (including phenoxy) is 1. The Balaban J connectivity index is 2.07. The minimum absolute atomic E-state index is 0.239. The van der Waals surface area contributed by atoms with Crippen LogP contribution in [0.2, 0.25) is 19.6 Å². The van der Waals surface area contributed by atoms with Crippen LogP contribution in [0, 0.1) is 11.5 Å². The first-order chi connectivity index (χ1) is 8.03. The molecule has 4 nitrogen and oxygen atoms in total. The molecule has 1 fully saturated rings. The van der Waals surface area contributed by atoms with E-state index in [0.29, 0.717) is 5.88 Å². The summed E-state index contributed by atoms with van der Waals surface area (Å²) in [5, 5.41) is 3.15. The number of nitrogens with one attached hydrogen (secondary N) is 1. The topological polar surface area (TPSA) is 47.0 Å². The number of nitrogens with zero attached hydrogens (tertiary/aromatic N) is 2. The van der Waals surface area contributed by atoms with E-state index in [1.54, 1.807) is 0 Å². The molecule has 0 saturated carbocycles. The van der Waals surface area contributed by atoms with Gasteiger partial charge < -0.3 is 10.1 Å². The molecule has 0 aromatic carbocycles. The zero-order chi connectivity index (χ0) is 12.3. The Labute approximate surface area is 103 Å². The van der Waals surface area contributed by atoms with E-state index < -0.39 is 8.07 Å². The minimum Gasteiger partial charge on any atom is -0.472 e. The van der Waals surface area contributed by atoms with Crippen molar-refractivity contribution < 1.29 is 4.74 Å². The highest BCUT2D eigenvalue weighted by Gasteiger charge is 2.18. The van der Waals surface area contributed by atoms with Gasteiger partial charge in [0.05, 0.1) is 0 Å². The van der Waals surface area contributed by atoms with Gasteiger partial charge in [0.1, 0.15) is 26.2 Å². The first-order valence-corrected chi connectivity index (χ1v) is 9.25. The Morgan fingerprint density at radius 1 is 1.35 bits per heavy atom. The summed E-state index contributed by atoms with van der Waals surface area (Å²) in [6.45, 7) is 8.40. The summed E-state index contributed by atoms with van der Waals surface area (Å²) in [6, 6.07) is 1.81. The van der Waals surface area contributed by atoms with Crippen LogP contribution in [-0.2, 0) is 0 Å². The van der Waals surface area contributed by atoms with Crippen LogP contribution < -0.4 is 10.1 Å². The van der Waals surface area contributed by atoms with Crippen LogP contribution in [0.4, 0.5) is 0 Å². The van der Waals surface area contributed by atoms with Crippen molar-refractivity contribution in [1.29, 1.82) is 0 Å². The van der Waals surface area contributed by atoms with Crippen molar-refractivity contribution in [2.75, 3.05) is 13.1 Å². The van der Waals surface area contributed by atoms with Crippen molar-refractivity contribution in [3.05, 3.63) is 18.1 Å². The summed E-state index contributed by atoms with van der Waals surface area (Å²) in [7, 11) is -1.36. The second-order valence-electron chi connectivity index (χ2n) is 5.14. The maximum absolute atomic E-state index is 5.65. The molecule has 0 atom stereocenters. The highest BCUT2D eigenvalue weighted by molar-refractivity contribution is 6.83. The molecule has 1 saturated heterocycles. The molecule has 0 amide bonds. The molecule has 17 heavy (non-hydrogen) atoms. The van der Waals surface area contributed by atoms with E-state index in [2.05, 4.69) is 46.4 Å². The molecular weight excluding hydrogens is 230 g/mol. The van der Waals surface area contributed by atoms with Gasteiger partial charge in [-0.3, -0.25) is 0 Å². The maximum Gasteiger partial charge on any atom is 0.217 e. The minimum atomic E-state index is -1.36. The third-order valence-electron chi connectivity index (χ3n) is 2.24. The summed E-state index contributed by atoms with van der Waals surface area (Å²) in [6.07, 6.45) is 1.75. The molecule has 1 aromatic rings. The second kappa shape index (κ2) is 4.86. The fraction of sp³-hybridized carbons (Fsp3) is 0.500. The Hall–Kier alpha value is -1.38. The summed E-state index contributed by atoms with van der Waals surface area (Å²) >= 11 is 0. The zero-order valence-electron chi connectivity index (χ0n) is 10.4. The van der Waals surface area contributed by atoms with Crippen molar-refractivity contribution in [1.82, 2.24) is 15.3 Å². The smallest absolute Gasteiger partial charge is 0.217 e. The molecule has 0 radical (unpaired) electrons. The molecule has 1 N–H and O–H groups in total. The van der Waals surface area contributed by atoms with Gasteiger partial charge in [-0.2, -0.15) is 0 Å². The average Bonchev–Trinajstić information content (AvgIpc) is 2.20. The predicted octanol–water partition coefficient (Wildman–Crippen LogP) is 1.06. The third kappa shape index (κ3) is 3.84. The fourth-order valence-electron chi connectivity index (χ4n) is 1.24. The maximum atomic E-state index is 5.65. The van der Waals surface area contributed by atoms with Gasteiger partial charge in [0.15, 0.2) is 0 Å². The van der Waals surface area contributed by atoms with Gasteiger partial charge in [-0.05, 0) is 0 Å². The molecule has 5 heteroatoms. The molecule has 1 aliphatic rings. The number of hydrogen-bond donors (Lipinski definition) is 1. The van der Waals surface area contributed by atoms with Crippen LogP contribution in [0.3, 0.4) is 0 Å². The Kier molecular flexibility index (Phi) is 3.45. The Morgan fingerprint density at radius 2 is 2.12 bits per heavy atom. The summed E-state index contributed by atoms with van der Waals surface area (Å²) in [4.78, 5) is 8.22. The van der Waals surface area contributed by atoms with E-state index in [1.807, 2.05) is 6.07 Å². The lowest BCUT2D eigenvalue weighted by Gasteiger charge is -2.27. The molecule has 1 aromatic heterocycles. The molecule has 2 rings (SSSR count). The SMILES string of the molecule is C[Si](C)(C)C#Cc1cc(OC2CNC2)ncn1. The van der Waals surface area contributed by atoms with Crippen molar-refractivity contribution in [2.24, 2.45) is 0 Å². The second-order valence-corrected chi connectivity index (χ2v) is 9.89. The first-order valence-electron chi connectivity index (χ1n) is 5.75. The normalized spacial score (nSPS) is 15.7. The monoisotopic (exact) mass is 247 g/mol. The largest absolute Gasteiger partial charge is 0.472 e. The van der Waals surface area contributed by atoms with Gasteiger partial charge in [-0.1, -0.05) is 25.6 Å². The van der Waals surface area contributed by atoms with Gasteiger partial charge >= 0.3 is 0 Å². The molecule has 0 bridgehead atoms. The van der Waals surface area contributed by atoms with Crippen molar-refractivity contribution in [2.45, 2.75) is 25.7 Å². The molecule has 90 valence electrons. The van der Waals surface area contributed by atoms with E-state index in [1.165, 1.54) is 6.33 Å². The van der Waals surface area contributed by atoms with Crippen LogP contribution in [0.5, 0.6) is 5.88 Å². The van der Waals surface area contributed by atoms with Crippen LogP contribution in [0.1, 0.15) is 5.69 Å². The molecule has 0 spiro atoms. The lowest BCUT2D eigenvalue weighted by molar-refractivity contribution is 0.136. The lowest BCUT2D eigenvalue weighted by Crippen LogP contribution is -2.50. The van der Waals surface area contributed by atoms with Gasteiger partial charge in [-0.25, -0.2) is 9.97 Å². The van der Waals surface area contributed by atoms with Gasteiger partial charge in [0, 0.05) is 19.2 Å². The van der Waals surface area contributed by atoms with Gasteiger partial charge in [0.25, 0.3) is 0 Å². The van der Waals surface area contributed by atoms with E-state index in [-0.39, 0.29) is 6.10 Å². The van der Waals surface area contributed by atoms with Crippen LogP contribution in [0.25, 0.3) is 0 Å². The third-order valence-corrected chi connectivity index (χ3v) is 3.11. The van der Waals surface area contributed by atoms with Crippen LogP contribution >= 0.6 is 0 Å². The van der Waals surface area contributed by atoms with Crippen LogP contribution in [-0.4, -0.2) is 37.2 Å². The average molecular weight is 247 g/mol. The molecule has 1 aliphatic heterocycles. The quantitative estimate of drug-likeness (QED) is 0.627. The van der Waals surface area contributed by atoms with E-state index in [4.69, 9.17) is 4.74 Å². The van der Waals surface area contributed by atoms with E-state index in [9.17, 15) is 0 Å². The summed E-state index contributed by atoms with van der Waals surface area (Å²) in [5.41, 5.74) is 4.02. The fourth-order valence-corrected chi connectivity index (χ4v) is 1.74. The Bertz CT molecular complexity index is 455. The Morgan fingerprint density at radius 3 is 2.71 bits per heavy atom. The first kappa shape index (κ1) is 12.1. The van der Waals surface area contributed by atoms with Gasteiger partial charge in [-0.15, -0.1) is 5.54 Å². The number of hydrogen-bond acceptors (Lipinski definition) is 4. The predicted molar refractivity (Wildman–Crippen MR) is 69.5 cm³/mol. The van der Waals surface area contributed by atoms with Crippen LogP contribution in [0.15, 0.2) is 12.4 Å². The van der Waals surface area contributed by atoms with Gasteiger partial charge in [0.2, 0.25) is 5.88 Å². The van der Waals surface area contributed by atoms with Crippen molar-refractivity contribution in [3.8, 4) is 17.3 Å².